The number of hydrogen-bond acceptors (Lipinski definition) is 4. The molecule has 100 valence electrons. The molecule has 0 bridgehead atoms. The minimum Gasteiger partial charge on any atom is -0.396 e. The van der Waals surface area contributed by atoms with Gasteiger partial charge in [0.05, 0.1) is 0 Å². The third kappa shape index (κ3) is 3.68. The highest BCUT2D eigenvalue weighted by molar-refractivity contribution is 5.35. The Hall–Kier alpha value is -1.13. The first-order valence-corrected chi connectivity index (χ1v) is 6.84. The quantitative estimate of drug-likeness (QED) is 0.834. The molecule has 18 heavy (non-hydrogen) atoms. The van der Waals surface area contributed by atoms with Crippen LogP contribution in [-0.4, -0.2) is 41.2 Å². The highest BCUT2D eigenvalue weighted by Gasteiger charge is 2.18. The number of aromatic nitrogens is 1. The van der Waals surface area contributed by atoms with E-state index in [0.29, 0.717) is 12.5 Å². The van der Waals surface area contributed by atoms with Crippen molar-refractivity contribution in [2.75, 3.05) is 31.6 Å². The van der Waals surface area contributed by atoms with Crippen LogP contribution in [0.3, 0.4) is 0 Å². The molecule has 0 amide bonds. The van der Waals surface area contributed by atoms with Gasteiger partial charge in [0.2, 0.25) is 0 Å². The van der Waals surface area contributed by atoms with Gasteiger partial charge in [0.1, 0.15) is 5.82 Å². The van der Waals surface area contributed by atoms with E-state index in [1.54, 1.807) is 0 Å². The summed E-state index contributed by atoms with van der Waals surface area (Å²) in [7, 11) is 0. The lowest BCUT2D eigenvalue weighted by Gasteiger charge is -2.30. The van der Waals surface area contributed by atoms with Crippen LogP contribution in [0, 0.1) is 5.92 Å². The molecule has 2 heterocycles. The number of anilines is 1. The van der Waals surface area contributed by atoms with Crippen LogP contribution in [-0.2, 0) is 6.54 Å². The molecular formula is C14H23N3O. The number of pyridine rings is 1. The number of aliphatic hydroxyl groups excluding tert-OH is 1. The van der Waals surface area contributed by atoms with Crippen LogP contribution in [0.5, 0.6) is 0 Å². The fourth-order valence-corrected chi connectivity index (χ4v) is 2.39. The van der Waals surface area contributed by atoms with Crippen LogP contribution in [0.2, 0.25) is 0 Å². The number of piperidine rings is 1. The maximum atomic E-state index is 9.11. The Balaban J connectivity index is 1.82. The van der Waals surface area contributed by atoms with Crippen molar-refractivity contribution in [2.45, 2.75) is 26.3 Å². The van der Waals surface area contributed by atoms with Gasteiger partial charge in [-0.05, 0) is 50.4 Å². The first-order valence-electron chi connectivity index (χ1n) is 6.84. The summed E-state index contributed by atoms with van der Waals surface area (Å²) in [6, 6.07) is 4.18. The Morgan fingerprint density at radius 1 is 1.39 bits per heavy atom. The molecule has 4 heteroatoms. The summed E-state index contributed by atoms with van der Waals surface area (Å²) in [4.78, 5) is 6.83. The Bertz CT molecular complexity index is 345. The first kappa shape index (κ1) is 13.3. The van der Waals surface area contributed by atoms with Gasteiger partial charge in [-0.1, -0.05) is 6.07 Å². The number of hydrogen-bond donors (Lipinski definition) is 2. The largest absolute Gasteiger partial charge is 0.396 e. The molecule has 0 saturated carbocycles. The minimum absolute atomic E-state index is 0.340. The van der Waals surface area contributed by atoms with E-state index in [9.17, 15) is 0 Å². The lowest BCUT2D eigenvalue weighted by molar-refractivity contribution is 0.127. The summed E-state index contributed by atoms with van der Waals surface area (Å²) < 4.78 is 0. The summed E-state index contributed by atoms with van der Waals surface area (Å²) in [6.07, 6.45) is 4.18. The van der Waals surface area contributed by atoms with Gasteiger partial charge in [-0.25, -0.2) is 4.98 Å². The molecule has 0 aliphatic carbocycles. The molecule has 4 nitrogen and oxygen atoms in total. The van der Waals surface area contributed by atoms with Gasteiger partial charge in [-0.3, -0.25) is 4.90 Å². The van der Waals surface area contributed by atoms with Gasteiger partial charge < -0.3 is 10.4 Å². The Kier molecular flexibility index (Phi) is 4.96. The molecule has 0 atom stereocenters. The molecule has 1 saturated heterocycles. The fourth-order valence-electron chi connectivity index (χ4n) is 2.39. The van der Waals surface area contributed by atoms with Crippen molar-refractivity contribution in [3.63, 3.8) is 0 Å². The highest BCUT2D eigenvalue weighted by atomic mass is 16.3. The Morgan fingerprint density at radius 3 is 2.72 bits per heavy atom. The third-order valence-corrected chi connectivity index (χ3v) is 3.55. The predicted molar refractivity (Wildman–Crippen MR) is 73.5 cm³/mol. The third-order valence-electron chi connectivity index (χ3n) is 3.55. The number of nitrogens with one attached hydrogen (secondary N) is 1. The molecule has 0 aromatic carbocycles. The van der Waals surface area contributed by atoms with Crippen LogP contribution in [0.15, 0.2) is 18.3 Å². The molecule has 0 unspecified atom stereocenters. The van der Waals surface area contributed by atoms with Crippen molar-refractivity contribution in [1.82, 2.24) is 9.88 Å². The van der Waals surface area contributed by atoms with Gasteiger partial charge in [-0.15, -0.1) is 0 Å². The second-order valence-electron chi connectivity index (χ2n) is 4.98. The van der Waals surface area contributed by atoms with E-state index in [1.807, 2.05) is 12.3 Å². The monoisotopic (exact) mass is 249 g/mol. The maximum Gasteiger partial charge on any atom is 0.125 e. The Labute approximate surface area is 109 Å². The van der Waals surface area contributed by atoms with Gasteiger partial charge in [-0.2, -0.15) is 0 Å². The molecular weight excluding hydrogens is 226 g/mol. The minimum atomic E-state index is 0.340. The van der Waals surface area contributed by atoms with Crippen LogP contribution >= 0.6 is 0 Å². The van der Waals surface area contributed by atoms with Gasteiger partial charge in [0, 0.05) is 25.9 Å². The summed E-state index contributed by atoms with van der Waals surface area (Å²) in [5.41, 5.74) is 1.26. The van der Waals surface area contributed by atoms with Crippen molar-refractivity contribution in [1.29, 1.82) is 0 Å². The van der Waals surface area contributed by atoms with Crippen LogP contribution in [0.1, 0.15) is 25.3 Å². The Morgan fingerprint density at radius 2 is 2.17 bits per heavy atom. The molecule has 0 radical (unpaired) electrons. The van der Waals surface area contributed by atoms with E-state index in [1.165, 1.54) is 5.56 Å². The number of aliphatic hydroxyl groups is 1. The number of nitrogens with zero attached hydrogens (tertiary/aromatic N) is 2. The van der Waals surface area contributed by atoms with Crippen molar-refractivity contribution >= 4 is 5.82 Å². The molecule has 1 aromatic rings. The lowest BCUT2D eigenvalue weighted by Crippen LogP contribution is -2.34. The van der Waals surface area contributed by atoms with Gasteiger partial charge in [0.25, 0.3) is 0 Å². The molecule has 2 N–H and O–H groups in total. The average Bonchev–Trinajstić information content (AvgIpc) is 2.42. The zero-order valence-corrected chi connectivity index (χ0v) is 11.1. The van der Waals surface area contributed by atoms with Crippen LogP contribution < -0.4 is 5.32 Å². The highest BCUT2D eigenvalue weighted by Crippen LogP contribution is 2.18. The topological polar surface area (TPSA) is 48.4 Å². The van der Waals surface area contributed by atoms with E-state index in [4.69, 9.17) is 5.11 Å². The van der Waals surface area contributed by atoms with Gasteiger partial charge in [0.15, 0.2) is 0 Å². The normalized spacial score (nSPS) is 17.9. The zero-order chi connectivity index (χ0) is 12.8. The van der Waals surface area contributed by atoms with Crippen molar-refractivity contribution in [3.8, 4) is 0 Å². The summed E-state index contributed by atoms with van der Waals surface area (Å²) in [5.74, 6) is 1.45. The summed E-state index contributed by atoms with van der Waals surface area (Å²) >= 11 is 0. The molecule has 1 aromatic heterocycles. The fraction of sp³-hybridized carbons (Fsp3) is 0.643. The molecule has 1 fully saturated rings. The van der Waals surface area contributed by atoms with Crippen LogP contribution in [0.25, 0.3) is 0 Å². The molecule has 2 rings (SSSR count). The summed E-state index contributed by atoms with van der Waals surface area (Å²) in [6.45, 7) is 6.45. The molecule has 1 aliphatic rings. The average molecular weight is 249 g/mol. The van der Waals surface area contributed by atoms with E-state index in [0.717, 1.165) is 44.8 Å². The predicted octanol–water partition coefficient (Wildman–Crippen LogP) is 1.72. The van der Waals surface area contributed by atoms with Crippen molar-refractivity contribution in [3.05, 3.63) is 23.9 Å². The lowest BCUT2D eigenvalue weighted by atomic mass is 9.98. The van der Waals surface area contributed by atoms with Crippen LogP contribution in [0.4, 0.5) is 5.82 Å². The van der Waals surface area contributed by atoms with E-state index < -0.39 is 0 Å². The van der Waals surface area contributed by atoms with Gasteiger partial charge >= 0.3 is 0 Å². The second-order valence-corrected chi connectivity index (χ2v) is 4.98. The molecule has 0 spiro atoms. The zero-order valence-electron chi connectivity index (χ0n) is 11.1. The smallest absolute Gasteiger partial charge is 0.125 e. The SMILES string of the molecule is CCNc1ccc(CN2CCC(CO)CC2)cn1. The number of likely N-dealkylation sites (tertiary alicyclic amines) is 1. The first-order chi connectivity index (χ1) is 8.81. The summed E-state index contributed by atoms with van der Waals surface area (Å²) in [5, 5.41) is 12.3. The number of rotatable bonds is 5. The standard InChI is InChI=1S/C14H23N3O/c1-2-15-14-4-3-13(9-16-14)10-17-7-5-12(11-18)6-8-17/h3-4,9,12,18H,2,5-8,10-11H2,1H3,(H,15,16). The molecule has 1 aliphatic heterocycles. The maximum absolute atomic E-state index is 9.11. The van der Waals surface area contributed by atoms with E-state index >= 15 is 0 Å². The van der Waals surface area contributed by atoms with Crippen molar-refractivity contribution in [2.24, 2.45) is 5.92 Å². The van der Waals surface area contributed by atoms with E-state index in [-0.39, 0.29) is 0 Å². The van der Waals surface area contributed by atoms with Crippen molar-refractivity contribution < 1.29 is 5.11 Å². The van der Waals surface area contributed by atoms with E-state index in [2.05, 4.69) is 28.2 Å². The second kappa shape index (κ2) is 6.71.